The monoisotopic (exact) mass is 422 g/mol. The number of unbranched alkanes of at least 4 members (excludes halogenated alkanes) is 4. The number of ether oxygens (including phenoxy) is 1. The van der Waals surface area contributed by atoms with Crippen LogP contribution in [-0.2, 0) is 27.2 Å². The number of carboxylic acids is 1. The minimum absolute atomic E-state index is 0.0497. The van der Waals surface area contributed by atoms with Crippen LogP contribution in [0.1, 0.15) is 90.2 Å². The average Bonchev–Trinajstić information content (AvgIpc) is 2.65. The van der Waals surface area contributed by atoms with E-state index in [2.05, 4.69) is 0 Å². The second-order valence-corrected chi connectivity index (χ2v) is 9.41. The van der Waals surface area contributed by atoms with Gasteiger partial charge in [-0.25, -0.2) is 0 Å². The number of carbonyl (C=O) groups is 2. The normalized spacial score (nSPS) is 12.0. The zero-order chi connectivity index (χ0) is 22.8. The molecule has 1 aromatic rings. The minimum atomic E-state index is -0.764. The SMILES string of the molecule is CC(C)(CCCCc1cc(O)c(O)c(CCCCCCC(C)(C)C(=O)O)c1)OC=O. The molecule has 0 amide bonds. The van der Waals surface area contributed by atoms with E-state index in [0.29, 0.717) is 19.3 Å². The molecule has 0 atom stereocenters. The number of carboxylic acid groups (broad SMARTS) is 1. The highest BCUT2D eigenvalue weighted by Gasteiger charge is 2.25. The number of phenolic OH excluding ortho intramolecular Hbond substituents is 2. The van der Waals surface area contributed by atoms with E-state index >= 15 is 0 Å². The molecule has 0 spiro atoms. The number of aromatic hydroxyl groups is 2. The van der Waals surface area contributed by atoms with Gasteiger partial charge >= 0.3 is 5.97 Å². The quantitative estimate of drug-likeness (QED) is 0.199. The molecule has 3 N–H and O–H groups in total. The summed E-state index contributed by atoms with van der Waals surface area (Å²) in [6, 6.07) is 3.57. The van der Waals surface area contributed by atoms with Crippen LogP contribution in [0.25, 0.3) is 0 Å². The summed E-state index contributed by atoms with van der Waals surface area (Å²) in [5, 5.41) is 29.4. The molecule has 30 heavy (non-hydrogen) atoms. The Morgan fingerprint density at radius 1 is 0.933 bits per heavy atom. The maximum atomic E-state index is 11.1. The zero-order valence-corrected chi connectivity index (χ0v) is 18.9. The Morgan fingerprint density at radius 2 is 1.53 bits per heavy atom. The summed E-state index contributed by atoms with van der Waals surface area (Å²) < 4.78 is 5.06. The van der Waals surface area contributed by atoms with E-state index < -0.39 is 17.0 Å². The van der Waals surface area contributed by atoms with Crippen LogP contribution in [0.4, 0.5) is 0 Å². The molecule has 0 fully saturated rings. The number of hydrogen-bond acceptors (Lipinski definition) is 5. The van der Waals surface area contributed by atoms with Gasteiger partial charge < -0.3 is 20.1 Å². The van der Waals surface area contributed by atoms with Crippen LogP contribution >= 0.6 is 0 Å². The molecule has 0 heterocycles. The van der Waals surface area contributed by atoms with Crippen LogP contribution in [0, 0.1) is 5.41 Å². The minimum Gasteiger partial charge on any atom is -0.504 e. The first kappa shape index (κ1) is 25.8. The third-order valence-corrected chi connectivity index (χ3v) is 5.67. The van der Waals surface area contributed by atoms with E-state index in [4.69, 9.17) is 9.84 Å². The van der Waals surface area contributed by atoms with Crippen LogP contribution in [0.3, 0.4) is 0 Å². The molecule has 1 rings (SSSR count). The fourth-order valence-electron chi connectivity index (χ4n) is 3.49. The number of aliphatic carboxylic acids is 1. The highest BCUT2D eigenvalue weighted by molar-refractivity contribution is 5.73. The van der Waals surface area contributed by atoms with Crippen molar-refractivity contribution in [3.63, 3.8) is 0 Å². The van der Waals surface area contributed by atoms with Crippen molar-refractivity contribution in [2.75, 3.05) is 0 Å². The van der Waals surface area contributed by atoms with Crippen molar-refractivity contribution in [2.45, 2.75) is 97.5 Å². The highest BCUT2D eigenvalue weighted by Crippen LogP contribution is 2.32. The lowest BCUT2D eigenvalue weighted by Crippen LogP contribution is -2.23. The van der Waals surface area contributed by atoms with Gasteiger partial charge in [-0.1, -0.05) is 25.3 Å². The molecule has 0 aliphatic rings. The van der Waals surface area contributed by atoms with E-state index in [0.717, 1.165) is 62.5 Å². The largest absolute Gasteiger partial charge is 0.504 e. The van der Waals surface area contributed by atoms with Gasteiger partial charge in [-0.05, 0) is 89.8 Å². The summed E-state index contributed by atoms with van der Waals surface area (Å²) in [7, 11) is 0. The van der Waals surface area contributed by atoms with Crippen molar-refractivity contribution >= 4 is 12.4 Å². The van der Waals surface area contributed by atoms with Gasteiger partial charge in [0.15, 0.2) is 11.5 Å². The molecule has 0 aliphatic heterocycles. The van der Waals surface area contributed by atoms with Crippen molar-refractivity contribution in [3.8, 4) is 11.5 Å². The number of rotatable bonds is 15. The molecule has 6 nitrogen and oxygen atoms in total. The van der Waals surface area contributed by atoms with Gasteiger partial charge in [-0.3, -0.25) is 9.59 Å². The van der Waals surface area contributed by atoms with Crippen LogP contribution in [0.2, 0.25) is 0 Å². The molecule has 170 valence electrons. The molecule has 1 aromatic carbocycles. The predicted octanol–water partition coefficient (Wildman–Crippen LogP) is 5.37. The standard InChI is InChI=1S/C24H38O6/c1-23(2,22(28)29)13-9-6-5-7-12-19-15-18(16-20(26)21(19)27)11-8-10-14-24(3,4)30-17-25/h15-17,26-27H,5-14H2,1-4H3,(H,28,29). The highest BCUT2D eigenvalue weighted by atomic mass is 16.5. The smallest absolute Gasteiger partial charge is 0.309 e. The maximum absolute atomic E-state index is 11.1. The summed E-state index contributed by atoms with van der Waals surface area (Å²) in [6.07, 6.45) is 8.30. The molecule has 0 saturated carbocycles. The van der Waals surface area contributed by atoms with Gasteiger partial charge in [0.1, 0.15) is 5.60 Å². The molecule has 0 unspecified atom stereocenters. The van der Waals surface area contributed by atoms with Gasteiger partial charge in [-0.2, -0.15) is 0 Å². The van der Waals surface area contributed by atoms with Gasteiger partial charge in [0, 0.05) is 0 Å². The molecule has 0 bridgehead atoms. The Kier molecular flexibility index (Phi) is 10.2. The van der Waals surface area contributed by atoms with E-state index in [1.165, 1.54) is 0 Å². The third kappa shape index (κ3) is 9.06. The lowest BCUT2D eigenvalue weighted by atomic mass is 9.87. The van der Waals surface area contributed by atoms with Crippen molar-refractivity contribution < 1.29 is 29.6 Å². The third-order valence-electron chi connectivity index (χ3n) is 5.67. The maximum Gasteiger partial charge on any atom is 0.309 e. The number of phenols is 2. The summed E-state index contributed by atoms with van der Waals surface area (Å²) >= 11 is 0. The molecule has 6 heteroatoms. The van der Waals surface area contributed by atoms with Crippen LogP contribution in [0.5, 0.6) is 11.5 Å². The lowest BCUT2D eigenvalue weighted by Gasteiger charge is -2.22. The van der Waals surface area contributed by atoms with Crippen molar-refractivity contribution in [3.05, 3.63) is 23.3 Å². The van der Waals surface area contributed by atoms with Gasteiger partial charge in [0.05, 0.1) is 5.41 Å². The first-order valence-corrected chi connectivity index (χ1v) is 10.9. The fourth-order valence-corrected chi connectivity index (χ4v) is 3.49. The Hall–Kier alpha value is -2.24. The van der Waals surface area contributed by atoms with E-state index in [1.54, 1.807) is 19.9 Å². The Bertz CT molecular complexity index is 693. The van der Waals surface area contributed by atoms with Crippen LogP contribution < -0.4 is 0 Å². The van der Waals surface area contributed by atoms with Crippen molar-refractivity contribution in [2.24, 2.45) is 5.41 Å². The molecule has 0 saturated heterocycles. The van der Waals surface area contributed by atoms with Crippen molar-refractivity contribution in [1.82, 2.24) is 0 Å². The average molecular weight is 423 g/mol. The molecule has 0 aliphatic carbocycles. The predicted molar refractivity (Wildman–Crippen MR) is 117 cm³/mol. The Balaban J connectivity index is 2.45. The Morgan fingerprint density at radius 3 is 2.17 bits per heavy atom. The van der Waals surface area contributed by atoms with Gasteiger partial charge in [0.2, 0.25) is 0 Å². The summed E-state index contributed by atoms with van der Waals surface area (Å²) in [5.41, 5.74) is 0.578. The number of carbonyl (C=O) groups excluding carboxylic acids is 1. The summed E-state index contributed by atoms with van der Waals surface area (Å²) in [4.78, 5) is 21.6. The second kappa shape index (κ2) is 11.8. The van der Waals surface area contributed by atoms with Crippen LogP contribution in [-0.4, -0.2) is 33.4 Å². The lowest BCUT2D eigenvalue weighted by molar-refractivity contribution is -0.147. The van der Waals surface area contributed by atoms with E-state index in [9.17, 15) is 19.8 Å². The molecule has 0 aromatic heterocycles. The summed E-state index contributed by atoms with van der Waals surface area (Å²) in [5.74, 6) is -0.902. The topological polar surface area (TPSA) is 104 Å². The first-order chi connectivity index (χ1) is 14.0. The van der Waals surface area contributed by atoms with E-state index in [1.807, 2.05) is 19.9 Å². The van der Waals surface area contributed by atoms with Crippen molar-refractivity contribution in [1.29, 1.82) is 0 Å². The molecular weight excluding hydrogens is 384 g/mol. The zero-order valence-electron chi connectivity index (χ0n) is 18.9. The van der Waals surface area contributed by atoms with Gasteiger partial charge in [-0.15, -0.1) is 0 Å². The number of benzene rings is 1. The molecular formula is C24H38O6. The Labute approximate surface area is 180 Å². The second-order valence-electron chi connectivity index (χ2n) is 9.41. The van der Waals surface area contributed by atoms with E-state index in [-0.39, 0.29) is 11.5 Å². The fraction of sp³-hybridized carbons (Fsp3) is 0.667. The van der Waals surface area contributed by atoms with Gasteiger partial charge in [0.25, 0.3) is 6.47 Å². The molecule has 0 radical (unpaired) electrons. The first-order valence-electron chi connectivity index (χ1n) is 10.9. The number of aryl methyl sites for hydroxylation is 2. The van der Waals surface area contributed by atoms with Crippen LogP contribution in [0.15, 0.2) is 12.1 Å². The summed E-state index contributed by atoms with van der Waals surface area (Å²) in [6.45, 7) is 7.75. The number of hydrogen-bond donors (Lipinski definition) is 3.